The highest BCUT2D eigenvalue weighted by Gasteiger charge is 2.32. The molecule has 2 N–H and O–H groups in total. The van der Waals surface area contributed by atoms with Gasteiger partial charge in [0.25, 0.3) is 10.0 Å². The molecule has 0 saturated heterocycles. The van der Waals surface area contributed by atoms with Crippen LogP contribution in [0.5, 0.6) is 11.5 Å². The van der Waals surface area contributed by atoms with Crippen LogP contribution in [-0.4, -0.2) is 81.4 Å². The molecule has 13 nitrogen and oxygen atoms in total. The van der Waals surface area contributed by atoms with E-state index < -0.39 is 59.5 Å². The normalized spacial score (nSPS) is 12.2. The van der Waals surface area contributed by atoms with Crippen molar-refractivity contribution in [3.63, 3.8) is 0 Å². The summed E-state index contributed by atoms with van der Waals surface area (Å²) in [7, 11) is -1.69. The van der Waals surface area contributed by atoms with Crippen molar-refractivity contribution in [3.05, 3.63) is 83.3 Å². The minimum atomic E-state index is -4.72. The molecule has 0 amide bonds. The fourth-order valence-electron chi connectivity index (χ4n) is 5.61. The molecule has 5 rings (SSSR count). The first kappa shape index (κ1) is 40.9. The standard InChI is InChI=1S/C36H40F4N6O7SSi/c1-45(54(49,50)25-10-8-7-9-11-25)28-13-12-24(51-2)16-23(28)20-41-33-30-31(35(47)48)44-46(21-53-14-15-55(4,5)6)34(30)43-32(42-33)26-18-27(37)29(52-3)17-22(26)19-36(38,39)40/h7-13,16-18H,14-15,19-21H2,1-6H3,(H,47,48)(H,41,42,43). The number of carboxylic acids is 1. The number of hydrogen-bond acceptors (Lipinski definition) is 10. The van der Waals surface area contributed by atoms with Crippen molar-refractivity contribution in [3.8, 4) is 22.9 Å². The summed E-state index contributed by atoms with van der Waals surface area (Å²) in [5.74, 6) is -3.10. The number of aromatic carboxylic acids is 1. The maximum atomic E-state index is 15.2. The Morgan fingerprint density at radius 1 is 1.00 bits per heavy atom. The fourth-order valence-corrected chi connectivity index (χ4v) is 7.62. The maximum absolute atomic E-state index is 15.2. The van der Waals surface area contributed by atoms with Gasteiger partial charge in [-0.3, -0.25) is 4.31 Å². The van der Waals surface area contributed by atoms with Gasteiger partial charge in [-0.05, 0) is 59.6 Å². The molecule has 5 aromatic rings. The van der Waals surface area contributed by atoms with Crippen LogP contribution in [-0.2, 0) is 34.5 Å². The van der Waals surface area contributed by atoms with Crippen LogP contribution < -0.4 is 19.1 Å². The molecule has 0 aliphatic heterocycles. The van der Waals surface area contributed by atoms with Gasteiger partial charge in [-0.25, -0.2) is 32.3 Å². The van der Waals surface area contributed by atoms with Gasteiger partial charge in [0, 0.05) is 33.8 Å². The number of methoxy groups -OCH3 is 2. The Kier molecular flexibility index (Phi) is 12.1. The Labute approximate surface area is 315 Å². The van der Waals surface area contributed by atoms with Crippen LogP contribution in [0.15, 0.2) is 65.6 Å². The summed E-state index contributed by atoms with van der Waals surface area (Å²) in [6, 6.07) is 14.9. The van der Waals surface area contributed by atoms with E-state index >= 15 is 4.39 Å². The van der Waals surface area contributed by atoms with E-state index in [9.17, 15) is 31.5 Å². The number of carboxylic acid groups (broad SMARTS) is 1. The average Bonchev–Trinajstić information content (AvgIpc) is 3.50. The number of halogens is 4. The van der Waals surface area contributed by atoms with Crippen LogP contribution in [0.2, 0.25) is 25.7 Å². The summed E-state index contributed by atoms with van der Waals surface area (Å²) >= 11 is 0. The second kappa shape index (κ2) is 16.2. The zero-order valence-electron chi connectivity index (χ0n) is 30.9. The van der Waals surface area contributed by atoms with Crippen LogP contribution in [0.25, 0.3) is 22.4 Å². The highest BCUT2D eigenvalue weighted by atomic mass is 32.2. The van der Waals surface area contributed by atoms with Gasteiger partial charge in [0.15, 0.2) is 28.7 Å². The molecule has 294 valence electrons. The maximum Gasteiger partial charge on any atom is 0.393 e. The van der Waals surface area contributed by atoms with Gasteiger partial charge in [-0.15, -0.1) is 0 Å². The molecule has 0 saturated carbocycles. The quantitative estimate of drug-likeness (QED) is 0.0591. The summed E-state index contributed by atoms with van der Waals surface area (Å²) in [6.07, 6.45) is -6.21. The van der Waals surface area contributed by atoms with Gasteiger partial charge < -0.3 is 24.6 Å². The Hall–Kier alpha value is -5.27. The number of benzene rings is 3. The monoisotopic (exact) mass is 804 g/mol. The first-order valence-electron chi connectivity index (χ1n) is 16.8. The summed E-state index contributed by atoms with van der Waals surface area (Å²) in [4.78, 5) is 21.5. The van der Waals surface area contributed by atoms with Gasteiger partial charge in [0.2, 0.25) is 0 Å². The van der Waals surface area contributed by atoms with E-state index in [1.807, 2.05) is 0 Å². The van der Waals surface area contributed by atoms with Crippen molar-refractivity contribution < 1.29 is 50.1 Å². The van der Waals surface area contributed by atoms with E-state index in [4.69, 9.17) is 14.2 Å². The predicted molar refractivity (Wildman–Crippen MR) is 200 cm³/mol. The molecule has 0 aliphatic carbocycles. The van der Waals surface area contributed by atoms with E-state index in [0.717, 1.165) is 34.3 Å². The third-order valence-electron chi connectivity index (χ3n) is 8.49. The van der Waals surface area contributed by atoms with Crippen LogP contribution in [0.3, 0.4) is 0 Å². The molecule has 0 unspecified atom stereocenters. The number of ether oxygens (including phenoxy) is 3. The van der Waals surface area contributed by atoms with Gasteiger partial charge in [-0.1, -0.05) is 37.8 Å². The first-order valence-corrected chi connectivity index (χ1v) is 22.0. The van der Waals surface area contributed by atoms with Gasteiger partial charge in [0.05, 0.1) is 36.6 Å². The molecule has 55 heavy (non-hydrogen) atoms. The zero-order valence-corrected chi connectivity index (χ0v) is 32.7. The molecule has 0 atom stereocenters. The second-order valence-corrected chi connectivity index (χ2v) is 21.3. The molecule has 3 aromatic carbocycles. The van der Waals surface area contributed by atoms with E-state index in [-0.39, 0.29) is 52.1 Å². The number of carbonyl (C=O) groups is 1. The highest BCUT2D eigenvalue weighted by Crippen LogP contribution is 2.36. The van der Waals surface area contributed by atoms with Gasteiger partial charge in [0.1, 0.15) is 18.3 Å². The summed E-state index contributed by atoms with van der Waals surface area (Å²) in [5, 5.41) is 17.4. The number of rotatable bonds is 16. The second-order valence-electron chi connectivity index (χ2n) is 13.7. The molecule has 0 aliphatic rings. The number of fused-ring (bicyclic) bond motifs is 1. The lowest BCUT2D eigenvalue weighted by Gasteiger charge is -2.23. The van der Waals surface area contributed by atoms with Crippen LogP contribution in [0.1, 0.15) is 21.6 Å². The predicted octanol–water partition coefficient (Wildman–Crippen LogP) is 7.20. The largest absolute Gasteiger partial charge is 0.497 e. The van der Waals surface area contributed by atoms with Crippen molar-refractivity contribution in [2.45, 2.75) is 56.5 Å². The smallest absolute Gasteiger partial charge is 0.393 e. The highest BCUT2D eigenvalue weighted by molar-refractivity contribution is 7.92. The topological polar surface area (TPSA) is 158 Å². The van der Waals surface area contributed by atoms with Crippen molar-refractivity contribution in [1.29, 1.82) is 0 Å². The summed E-state index contributed by atoms with van der Waals surface area (Å²) < 4.78 is 102. The van der Waals surface area contributed by atoms with Gasteiger partial charge in [-0.2, -0.15) is 18.3 Å². The molecular weight excluding hydrogens is 765 g/mol. The minimum Gasteiger partial charge on any atom is -0.497 e. The van der Waals surface area contributed by atoms with E-state index in [1.165, 1.54) is 32.4 Å². The Morgan fingerprint density at radius 3 is 2.33 bits per heavy atom. The molecule has 0 radical (unpaired) electrons. The van der Waals surface area contributed by atoms with Crippen molar-refractivity contribution in [2.75, 3.05) is 37.5 Å². The number of anilines is 2. The molecule has 19 heteroatoms. The third kappa shape index (κ3) is 9.52. The Balaban J connectivity index is 1.68. The molecule has 2 aromatic heterocycles. The fraction of sp³-hybridized carbons (Fsp3) is 0.333. The molecule has 2 heterocycles. The summed E-state index contributed by atoms with van der Waals surface area (Å²) in [5.41, 5.74) is -0.791. The summed E-state index contributed by atoms with van der Waals surface area (Å²) in [6.45, 7) is 6.28. The van der Waals surface area contributed by atoms with Crippen molar-refractivity contribution in [1.82, 2.24) is 19.7 Å². The molecule has 0 bridgehead atoms. The van der Waals surface area contributed by atoms with Gasteiger partial charge >= 0.3 is 12.1 Å². The van der Waals surface area contributed by atoms with E-state index in [1.54, 1.807) is 30.3 Å². The Bertz CT molecular complexity index is 2300. The van der Waals surface area contributed by atoms with Crippen LogP contribution in [0, 0.1) is 5.82 Å². The molecule has 0 spiro atoms. The zero-order chi connectivity index (χ0) is 40.3. The van der Waals surface area contributed by atoms with Crippen molar-refractivity contribution in [2.24, 2.45) is 0 Å². The lowest BCUT2D eigenvalue weighted by Crippen LogP contribution is -2.27. The van der Waals surface area contributed by atoms with E-state index in [2.05, 4.69) is 40.0 Å². The number of alkyl halides is 3. The number of nitrogens with one attached hydrogen (secondary N) is 1. The molecule has 0 fully saturated rings. The minimum absolute atomic E-state index is 0.0290. The number of sulfonamides is 1. The number of nitrogens with zero attached hydrogens (tertiary/aromatic N) is 5. The lowest BCUT2D eigenvalue weighted by atomic mass is 10.0. The third-order valence-corrected chi connectivity index (χ3v) is 12.0. The Morgan fingerprint density at radius 2 is 1.71 bits per heavy atom. The average molecular weight is 805 g/mol. The number of hydrogen-bond donors (Lipinski definition) is 2. The SMILES string of the molecule is COc1ccc(N(C)S(=O)(=O)c2ccccc2)c(CNc2nc(-c3cc(F)c(OC)cc3CC(F)(F)F)nc3c2c(C(=O)O)nn3COCC[Si](C)(C)C)c1. The van der Waals surface area contributed by atoms with Crippen molar-refractivity contribution >= 4 is 46.6 Å². The number of aromatic nitrogens is 4. The van der Waals surface area contributed by atoms with Crippen LogP contribution >= 0.6 is 0 Å². The first-order chi connectivity index (χ1) is 25.8. The van der Waals surface area contributed by atoms with E-state index in [0.29, 0.717) is 17.9 Å². The molecular formula is C36H40F4N6O7SSi. The lowest BCUT2D eigenvalue weighted by molar-refractivity contribution is -0.127. The van der Waals surface area contributed by atoms with Crippen LogP contribution in [0.4, 0.5) is 29.1 Å².